The van der Waals surface area contributed by atoms with Gasteiger partial charge >= 0.3 is 0 Å². The molecule has 0 spiro atoms. The van der Waals surface area contributed by atoms with E-state index in [4.69, 9.17) is 0 Å². The highest BCUT2D eigenvalue weighted by atomic mass is 32.1. The van der Waals surface area contributed by atoms with Gasteiger partial charge < -0.3 is 10.0 Å². The Kier molecular flexibility index (Phi) is 2.67. The minimum atomic E-state index is -0.274. The van der Waals surface area contributed by atoms with Crippen molar-refractivity contribution in [3.63, 3.8) is 0 Å². The minimum Gasteiger partial charge on any atom is -0.387 e. The number of hydrogen-bond acceptors (Lipinski definition) is 3. The van der Waals surface area contributed by atoms with Crippen LogP contribution >= 0.6 is 11.3 Å². The lowest BCUT2D eigenvalue weighted by Crippen LogP contribution is -2.27. The molecular weight excluding hydrogens is 182 g/mol. The first kappa shape index (κ1) is 9.19. The summed E-state index contributed by atoms with van der Waals surface area (Å²) in [6.07, 6.45) is 0.821. The molecular formula is C10H15NOS. The van der Waals surface area contributed by atoms with Gasteiger partial charge in [0.2, 0.25) is 0 Å². The van der Waals surface area contributed by atoms with Crippen molar-refractivity contribution in [2.24, 2.45) is 0 Å². The Morgan fingerprint density at radius 1 is 1.69 bits per heavy atom. The lowest BCUT2D eigenvalue weighted by molar-refractivity contribution is 0.123. The molecule has 1 N–H and O–H groups in total. The fourth-order valence-corrected chi connectivity index (χ4v) is 2.76. The summed E-state index contributed by atoms with van der Waals surface area (Å²) in [6, 6.07) is 2.06. The summed E-state index contributed by atoms with van der Waals surface area (Å²) in [4.78, 5) is 3.67. The second kappa shape index (κ2) is 3.78. The van der Waals surface area contributed by atoms with E-state index in [9.17, 15) is 5.11 Å². The summed E-state index contributed by atoms with van der Waals surface area (Å²) in [5, 5.41) is 12.0. The summed E-state index contributed by atoms with van der Waals surface area (Å²) < 4.78 is 0. The van der Waals surface area contributed by atoms with E-state index in [1.807, 2.05) is 0 Å². The highest BCUT2D eigenvalue weighted by Gasteiger charge is 2.20. The van der Waals surface area contributed by atoms with E-state index < -0.39 is 0 Å². The maximum atomic E-state index is 9.90. The Morgan fingerprint density at radius 3 is 3.31 bits per heavy atom. The Morgan fingerprint density at radius 2 is 2.54 bits per heavy atom. The molecule has 0 amide bonds. The van der Waals surface area contributed by atoms with Crippen LogP contribution in [0.15, 0.2) is 11.4 Å². The summed E-state index contributed by atoms with van der Waals surface area (Å²) in [5.41, 5.74) is 1.15. The summed E-state index contributed by atoms with van der Waals surface area (Å²) in [5.74, 6) is 0. The molecule has 0 aromatic carbocycles. The Balaban J connectivity index is 2.20. The van der Waals surface area contributed by atoms with Crippen LogP contribution in [0, 0.1) is 0 Å². The van der Waals surface area contributed by atoms with Crippen molar-refractivity contribution in [3.05, 3.63) is 21.9 Å². The molecule has 0 radical (unpaired) electrons. The van der Waals surface area contributed by atoms with Gasteiger partial charge in [-0.15, -0.1) is 11.3 Å². The highest BCUT2D eigenvalue weighted by molar-refractivity contribution is 7.10. The van der Waals surface area contributed by atoms with Crippen LogP contribution in [0.1, 0.15) is 23.5 Å². The Hall–Kier alpha value is -0.380. The molecule has 1 unspecified atom stereocenters. The van der Waals surface area contributed by atoms with Gasteiger partial charge in [-0.05, 0) is 30.0 Å². The van der Waals surface area contributed by atoms with Gasteiger partial charge in [0.05, 0.1) is 6.10 Å². The quantitative estimate of drug-likeness (QED) is 0.740. The molecule has 0 fully saturated rings. The molecule has 0 saturated heterocycles. The van der Waals surface area contributed by atoms with Gasteiger partial charge in [0.25, 0.3) is 0 Å². The van der Waals surface area contributed by atoms with Gasteiger partial charge in [-0.3, -0.25) is 0 Å². The summed E-state index contributed by atoms with van der Waals surface area (Å²) in [7, 11) is 0. The lowest BCUT2D eigenvalue weighted by Gasteiger charge is -2.19. The molecule has 2 nitrogen and oxygen atoms in total. The molecule has 2 rings (SSSR count). The third-order valence-corrected chi connectivity index (χ3v) is 3.67. The minimum absolute atomic E-state index is 0.274. The molecule has 1 aromatic heterocycles. The predicted octanol–water partition coefficient (Wildman–Crippen LogP) is 1.66. The fraction of sp³-hybridized carbons (Fsp3) is 0.600. The third kappa shape index (κ3) is 1.77. The van der Waals surface area contributed by atoms with Crippen LogP contribution in [0.25, 0.3) is 0 Å². The smallest absolute Gasteiger partial charge is 0.0927 e. The van der Waals surface area contributed by atoms with Gasteiger partial charge in [0.15, 0.2) is 0 Å². The molecule has 1 aliphatic rings. The predicted molar refractivity (Wildman–Crippen MR) is 55.1 cm³/mol. The van der Waals surface area contributed by atoms with Gasteiger partial charge in [-0.25, -0.2) is 0 Å². The van der Waals surface area contributed by atoms with Crippen LogP contribution in [0.5, 0.6) is 0 Å². The second-order valence-electron chi connectivity index (χ2n) is 3.46. The maximum absolute atomic E-state index is 9.90. The van der Waals surface area contributed by atoms with Crippen LogP contribution in [-0.2, 0) is 6.42 Å². The molecule has 1 aromatic rings. The molecule has 72 valence electrons. The van der Waals surface area contributed by atoms with Crippen molar-refractivity contribution in [2.75, 3.05) is 19.6 Å². The highest BCUT2D eigenvalue weighted by Crippen LogP contribution is 2.27. The number of likely N-dealkylation sites (N-methyl/N-ethyl adjacent to an activating group) is 1. The summed E-state index contributed by atoms with van der Waals surface area (Å²) >= 11 is 1.77. The van der Waals surface area contributed by atoms with Crippen molar-refractivity contribution < 1.29 is 5.11 Å². The van der Waals surface area contributed by atoms with Gasteiger partial charge in [-0.2, -0.15) is 0 Å². The zero-order chi connectivity index (χ0) is 9.26. The maximum Gasteiger partial charge on any atom is 0.0927 e. The normalized spacial score (nSPS) is 24.0. The van der Waals surface area contributed by atoms with Crippen molar-refractivity contribution in [2.45, 2.75) is 19.4 Å². The van der Waals surface area contributed by atoms with Crippen molar-refractivity contribution in [3.8, 4) is 0 Å². The van der Waals surface area contributed by atoms with Gasteiger partial charge in [-0.1, -0.05) is 6.92 Å². The number of nitrogens with zero attached hydrogens (tertiary/aromatic N) is 1. The molecule has 0 bridgehead atoms. The first-order valence-electron chi connectivity index (χ1n) is 4.78. The van der Waals surface area contributed by atoms with Crippen LogP contribution < -0.4 is 0 Å². The standard InChI is InChI=1S/C10H15NOS/c1-2-11-5-3-10-8(4-6-13-10)9(12)7-11/h4,6,9,12H,2-3,5,7H2,1H3. The van der Waals surface area contributed by atoms with E-state index in [2.05, 4.69) is 23.3 Å². The van der Waals surface area contributed by atoms with Crippen molar-refractivity contribution >= 4 is 11.3 Å². The van der Waals surface area contributed by atoms with E-state index in [0.29, 0.717) is 0 Å². The van der Waals surface area contributed by atoms with Gasteiger partial charge in [0, 0.05) is 18.0 Å². The van der Waals surface area contributed by atoms with E-state index >= 15 is 0 Å². The number of fused-ring (bicyclic) bond motifs is 1. The van der Waals surface area contributed by atoms with Gasteiger partial charge in [0.1, 0.15) is 0 Å². The largest absolute Gasteiger partial charge is 0.387 e. The average Bonchev–Trinajstić information content (AvgIpc) is 2.54. The first-order valence-corrected chi connectivity index (χ1v) is 5.66. The molecule has 13 heavy (non-hydrogen) atoms. The number of thiophene rings is 1. The molecule has 0 aliphatic carbocycles. The van der Waals surface area contributed by atoms with Crippen LogP contribution in [0.4, 0.5) is 0 Å². The van der Waals surface area contributed by atoms with Crippen molar-refractivity contribution in [1.29, 1.82) is 0 Å². The molecule has 1 aliphatic heterocycles. The topological polar surface area (TPSA) is 23.5 Å². The van der Waals surface area contributed by atoms with Crippen molar-refractivity contribution in [1.82, 2.24) is 4.90 Å². The fourth-order valence-electron chi connectivity index (χ4n) is 1.83. The number of hydrogen-bond donors (Lipinski definition) is 1. The lowest BCUT2D eigenvalue weighted by atomic mass is 10.1. The number of rotatable bonds is 1. The van der Waals surface area contributed by atoms with E-state index in [-0.39, 0.29) is 6.10 Å². The number of aliphatic hydroxyl groups is 1. The van der Waals surface area contributed by atoms with Crippen LogP contribution in [0.3, 0.4) is 0 Å². The Labute approximate surface area is 82.8 Å². The van der Waals surface area contributed by atoms with Crippen LogP contribution in [-0.4, -0.2) is 29.6 Å². The van der Waals surface area contributed by atoms with E-state index in [1.165, 1.54) is 4.88 Å². The number of β-amino-alcohol motifs (C(OH)–C–C–N with tert-alkyl or cyclic N) is 1. The molecule has 0 saturated carbocycles. The summed E-state index contributed by atoms with van der Waals surface area (Å²) in [6.45, 7) is 5.06. The average molecular weight is 197 g/mol. The van der Waals surface area contributed by atoms with Crippen LogP contribution in [0.2, 0.25) is 0 Å². The molecule has 1 atom stereocenters. The third-order valence-electron chi connectivity index (χ3n) is 2.67. The van der Waals surface area contributed by atoms with E-state index in [1.54, 1.807) is 11.3 Å². The zero-order valence-electron chi connectivity index (χ0n) is 7.86. The SMILES string of the molecule is CCN1CCc2sccc2C(O)C1. The first-order chi connectivity index (χ1) is 6.31. The molecule has 2 heterocycles. The monoisotopic (exact) mass is 197 g/mol. The zero-order valence-corrected chi connectivity index (χ0v) is 8.68. The second-order valence-corrected chi connectivity index (χ2v) is 4.46. The number of aliphatic hydroxyl groups excluding tert-OH is 1. The van der Waals surface area contributed by atoms with E-state index in [0.717, 1.165) is 31.6 Å². The Bertz CT molecular complexity index is 284. The molecule has 3 heteroatoms.